The molecule has 0 radical (unpaired) electrons. The van der Waals surface area contributed by atoms with E-state index in [1.165, 1.54) is 0 Å². The summed E-state index contributed by atoms with van der Waals surface area (Å²) in [6, 6.07) is 19.5. The lowest BCUT2D eigenvalue weighted by molar-refractivity contribution is -0.148. The van der Waals surface area contributed by atoms with Gasteiger partial charge < -0.3 is 15.6 Å². The number of nitrogens with zero attached hydrogens (tertiary/aromatic N) is 1. The van der Waals surface area contributed by atoms with Crippen molar-refractivity contribution >= 4 is 11.9 Å². The standard InChI is InChI=1S/C26H34N2O4/c27-25-22(23(26(30)31)16-15-20-10-4-1-5-11-20)14-8-3-9-17-28(25)18-24(29)32-19-21-12-6-2-7-13-21/h1-2,4-7,10-13,22-23,25H,3,8-9,14-19,27H2,(H,30,31). The van der Waals surface area contributed by atoms with Gasteiger partial charge in [-0.3, -0.25) is 14.5 Å². The third-order valence-corrected chi connectivity index (χ3v) is 6.34. The normalized spacial score (nSPS) is 20.7. The lowest BCUT2D eigenvalue weighted by atomic mass is 9.80. The number of ether oxygens (including phenoxy) is 1. The van der Waals surface area contributed by atoms with Crippen molar-refractivity contribution in [3.8, 4) is 0 Å². The van der Waals surface area contributed by atoms with Crippen LogP contribution in [0.4, 0.5) is 0 Å². The van der Waals surface area contributed by atoms with Crippen molar-refractivity contribution in [1.82, 2.24) is 4.90 Å². The van der Waals surface area contributed by atoms with Gasteiger partial charge in [0.2, 0.25) is 0 Å². The van der Waals surface area contributed by atoms with Gasteiger partial charge >= 0.3 is 11.9 Å². The van der Waals surface area contributed by atoms with Crippen molar-refractivity contribution in [2.75, 3.05) is 13.1 Å². The zero-order valence-corrected chi connectivity index (χ0v) is 18.6. The quantitative estimate of drug-likeness (QED) is 0.578. The average Bonchev–Trinajstić information content (AvgIpc) is 2.80. The van der Waals surface area contributed by atoms with E-state index < -0.39 is 18.1 Å². The summed E-state index contributed by atoms with van der Waals surface area (Å²) in [5.74, 6) is -1.90. The molecule has 0 amide bonds. The number of aliphatic carboxylic acids is 1. The molecule has 172 valence electrons. The molecule has 3 unspecified atom stereocenters. The minimum absolute atomic E-state index is 0.0789. The second-order valence-corrected chi connectivity index (χ2v) is 8.59. The van der Waals surface area contributed by atoms with Crippen LogP contribution in [0.1, 0.15) is 43.2 Å². The number of carboxylic acids is 1. The molecule has 3 atom stereocenters. The average molecular weight is 439 g/mol. The lowest BCUT2D eigenvalue weighted by Crippen LogP contribution is -2.53. The van der Waals surface area contributed by atoms with Crippen LogP contribution in [-0.2, 0) is 27.4 Å². The highest BCUT2D eigenvalue weighted by molar-refractivity contribution is 5.72. The molecule has 6 nitrogen and oxygen atoms in total. The molecule has 2 aromatic carbocycles. The largest absolute Gasteiger partial charge is 0.481 e. The van der Waals surface area contributed by atoms with E-state index in [4.69, 9.17) is 10.5 Å². The molecule has 0 saturated carbocycles. The maximum atomic E-state index is 12.5. The van der Waals surface area contributed by atoms with Crippen LogP contribution in [0.25, 0.3) is 0 Å². The van der Waals surface area contributed by atoms with Crippen LogP contribution in [0.2, 0.25) is 0 Å². The summed E-state index contributed by atoms with van der Waals surface area (Å²) >= 11 is 0. The summed E-state index contributed by atoms with van der Waals surface area (Å²) in [7, 11) is 0. The highest BCUT2D eigenvalue weighted by Crippen LogP contribution is 2.30. The molecular weight excluding hydrogens is 404 g/mol. The fraction of sp³-hybridized carbons (Fsp3) is 0.462. The molecule has 0 bridgehead atoms. The van der Waals surface area contributed by atoms with E-state index in [1.807, 2.05) is 65.6 Å². The third kappa shape index (κ3) is 7.18. The maximum absolute atomic E-state index is 12.5. The van der Waals surface area contributed by atoms with E-state index in [9.17, 15) is 14.7 Å². The molecule has 1 saturated heterocycles. The van der Waals surface area contributed by atoms with Gasteiger partial charge in [-0.2, -0.15) is 0 Å². The topological polar surface area (TPSA) is 92.9 Å². The molecule has 32 heavy (non-hydrogen) atoms. The number of aryl methyl sites for hydroxylation is 1. The van der Waals surface area contributed by atoms with Crippen LogP contribution < -0.4 is 5.73 Å². The molecule has 0 aromatic heterocycles. The van der Waals surface area contributed by atoms with Crippen molar-refractivity contribution in [3.05, 3.63) is 71.8 Å². The van der Waals surface area contributed by atoms with E-state index in [1.54, 1.807) is 0 Å². The van der Waals surface area contributed by atoms with E-state index in [0.717, 1.165) is 36.8 Å². The number of hydrogen-bond acceptors (Lipinski definition) is 5. The Bertz CT molecular complexity index is 843. The molecule has 1 heterocycles. The Balaban J connectivity index is 1.63. The van der Waals surface area contributed by atoms with E-state index in [2.05, 4.69) is 0 Å². The van der Waals surface area contributed by atoms with Crippen LogP contribution in [0, 0.1) is 11.8 Å². The molecule has 0 spiro atoms. The van der Waals surface area contributed by atoms with Crippen molar-refractivity contribution in [2.45, 2.75) is 51.3 Å². The number of rotatable bonds is 9. The van der Waals surface area contributed by atoms with Gasteiger partial charge in [-0.1, -0.05) is 73.5 Å². The summed E-state index contributed by atoms with van der Waals surface area (Å²) in [6.45, 7) is 0.972. The number of carbonyl (C=O) groups excluding carboxylic acids is 1. The molecule has 6 heteroatoms. The van der Waals surface area contributed by atoms with E-state index in [-0.39, 0.29) is 25.0 Å². The molecule has 2 aromatic rings. The van der Waals surface area contributed by atoms with Gasteiger partial charge in [0.25, 0.3) is 0 Å². The molecule has 0 aliphatic carbocycles. The summed E-state index contributed by atoms with van der Waals surface area (Å²) in [5, 5.41) is 10.00. The first-order chi connectivity index (χ1) is 15.5. The van der Waals surface area contributed by atoms with Crippen LogP contribution in [-0.4, -0.2) is 41.2 Å². The van der Waals surface area contributed by atoms with Crippen LogP contribution in [0.15, 0.2) is 60.7 Å². The van der Waals surface area contributed by atoms with Gasteiger partial charge in [-0.15, -0.1) is 0 Å². The van der Waals surface area contributed by atoms with Crippen LogP contribution in [0.3, 0.4) is 0 Å². The monoisotopic (exact) mass is 438 g/mol. The Kier molecular flexibility index (Phi) is 9.26. The van der Waals surface area contributed by atoms with Crippen molar-refractivity contribution in [3.63, 3.8) is 0 Å². The maximum Gasteiger partial charge on any atom is 0.320 e. The highest BCUT2D eigenvalue weighted by atomic mass is 16.5. The number of hydrogen-bond donors (Lipinski definition) is 2. The number of nitrogens with two attached hydrogens (primary N) is 1. The lowest BCUT2D eigenvalue weighted by Gasteiger charge is -2.38. The third-order valence-electron chi connectivity index (χ3n) is 6.34. The second-order valence-electron chi connectivity index (χ2n) is 8.59. The smallest absolute Gasteiger partial charge is 0.320 e. The first kappa shape index (κ1) is 24.0. The summed E-state index contributed by atoms with van der Waals surface area (Å²) < 4.78 is 5.45. The Morgan fingerprint density at radius 3 is 2.31 bits per heavy atom. The second kappa shape index (κ2) is 12.4. The fourth-order valence-corrected chi connectivity index (χ4v) is 4.52. The molecular formula is C26H34N2O4. The molecule has 1 aliphatic heterocycles. The predicted octanol–water partition coefficient (Wildman–Crippen LogP) is 3.84. The Labute approximate surface area is 190 Å². The predicted molar refractivity (Wildman–Crippen MR) is 124 cm³/mol. The van der Waals surface area contributed by atoms with Crippen molar-refractivity contribution in [1.29, 1.82) is 0 Å². The van der Waals surface area contributed by atoms with Crippen LogP contribution in [0.5, 0.6) is 0 Å². The van der Waals surface area contributed by atoms with Gasteiger partial charge in [-0.25, -0.2) is 0 Å². The molecule has 3 rings (SSSR count). The summed E-state index contributed by atoms with van der Waals surface area (Å²) in [6.07, 6.45) is 4.39. The first-order valence-electron chi connectivity index (χ1n) is 11.5. The Hall–Kier alpha value is -2.70. The minimum atomic E-state index is -0.812. The Morgan fingerprint density at radius 1 is 1.00 bits per heavy atom. The van der Waals surface area contributed by atoms with Crippen molar-refractivity contribution in [2.24, 2.45) is 17.6 Å². The van der Waals surface area contributed by atoms with Crippen LogP contribution >= 0.6 is 0 Å². The number of benzene rings is 2. The SMILES string of the molecule is NC1C(C(CCc2ccccc2)C(=O)O)CCCCCN1CC(=O)OCc1ccccc1. The Morgan fingerprint density at radius 2 is 1.66 bits per heavy atom. The molecule has 1 fully saturated rings. The highest BCUT2D eigenvalue weighted by Gasteiger charge is 2.36. The minimum Gasteiger partial charge on any atom is -0.481 e. The molecule has 1 aliphatic rings. The number of esters is 1. The van der Waals surface area contributed by atoms with Gasteiger partial charge in [0.15, 0.2) is 0 Å². The molecule has 3 N–H and O–H groups in total. The van der Waals surface area contributed by atoms with Crippen molar-refractivity contribution < 1.29 is 19.4 Å². The zero-order chi connectivity index (χ0) is 22.8. The number of likely N-dealkylation sites (tertiary alicyclic amines) is 1. The number of carbonyl (C=O) groups is 2. The number of carboxylic acid groups (broad SMARTS) is 1. The zero-order valence-electron chi connectivity index (χ0n) is 18.6. The van der Waals surface area contributed by atoms with Gasteiger partial charge in [-0.05, 0) is 36.8 Å². The van der Waals surface area contributed by atoms with Gasteiger partial charge in [0.1, 0.15) is 6.61 Å². The van der Waals surface area contributed by atoms with E-state index >= 15 is 0 Å². The summed E-state index contributed by atoms with van der Waals surface area (Å²) in [5.41, 5.74) is 8.67. The van der Waals surface area contributed by atoms with Gasteiger partial charge in [0, 0.05) is 12.5 Å². The summed E-state index contributed by atoms with van der Waals surface area (Å²) in [4.78, 5) is 26.6. The first-order valence-corrected chi connectivity index (χ1v) is 11.5. The van der Waals surface area contributed by atoms with Gasteiger partial charge in [0.05, 0.1) is 18.6 Å². The van der Waals surface area contributed by atoms with E-state index in [0.29, 0.717) is 19.4 Å². The fourth-order valence-electron chi connectivity index (χ4n) is 4.52.